The van der Waals surface area contributed by atoms with Crippen molar-refractivity contribution in [3.63, 3.8) is 0 Å². The molecule has 6 heteroatoms. The van der Waals surface area contributed by atoms with Gasteiger partial charge in [-0.3, -0.25) is 10.3 Å². The Bertz CT molecular complexity index is 363. The van der Waals surface area contributed by atoms with E-state index in [-0.39, 0.29) is 12.1 Å². The Morgan fingerprint density at radius 2 is 2.67 bits per heavy atom. The Labute approximate surface area is 111 Å². The normalized spacial score (nSPS) is 20.8. The first-order valence-electron chi connectivity index (χ1n) is 6.21. The van der Waals surface area contributed by atoms with E-state index >= 15 is 0 Å². The smallest absolute Gasteiger partial charge is 0.328 e. The maximum Gasteiger partial charge on any atom is 0.328 e. The molecule has 0 aromatic carbocycles. The fourth-order valence-corrected chi connectivity index (χ4v) is 2.63. The molecule has 0 spiro atoms. The highest BCUT2D eigenvalue weighted by Gasteiger charge is 2.25. The average Bonchev–Trinajstić information content (AvgIpc) is 3.01. The molecule has 100 valence electrons. The third-order valence-corrected chi connectivity index (χ3v) is 3.67. The molecule has 1 aliphatic rings. The molecule has 2 rings (SSSR count). The molecule has 0 radical (unpaired) electrons. The van der Waals surface area contributed by atoms with Gasteiger partial charge in [-0.25, -0.2) is 4.79 Å². The number of rotatable bonds is 6. The maximum absolute atomic E-state index is 11.9. The minimum absolute atomic E-state index is 0.204. The van der Waals surface area contributed by atoms with Crippen molar-refractivity contribution in [1.82, 2.24) is 10.3 Å². The van der Waals surface area contributed by atoms with Crippen LogP contribution in [0, 0.1) is 0 Å². The number of ether oxygens (including phenoxy) is 2. The second kappa shape index (κ2) is 6.82. The summed E-state index contributed by atoms with van der Waals surface area (Å²) in [6, 6.07) is -0.429. The van der Waals surface area contributed by atoms with Gasteiger partial charge in [0.05, 0.1) is 23.1 Å². The molecular weight excluding hydrogens is 252 g/mol. The zero-order chi connectivity index (χ0) is 12.8. The molecule has 1 aromatic heterocycles. The third-order valence-electron chi connectivity index (χ3n) is 2.83. The Hall–Kier alpha value is -0.980. The van der Waals surface area contributed by atoms with E-state index in [1.807, 2.05) is 6.92 Å². The molecule has 18 heavy (non-hydrogen) atoms. The van der Waals surface area contributed by atoms with E-state index < -0.39 is 6.04 Å². The van der Waals surface area contributed by atoms with Crippen LogP contribution < -0.4 is 5.32 Å². The van der Waals surface area contributed by atoms with Crippen molar-refractivity contribution in [1.29, 1.82) is 0 Å². The summed E-state index contributed by atoms with van der Waals surface area (Å²) >= 11 is 1.45. The van der Waals surface area contributed by atoms with Crippen LogP contribution in [0.1, 0.15) is 30.7 Å². The van der Waals surface area contributed by atoms with E-state index in [0.29, 0.717) is 13.2 Å². The minimum atomic E-state index is -0.429. The van der Waals surface area contributed by atoms with Crippen molar-refractivity contribution in [2.24, 2.45) is 0 Å². The number of esters is 1. The maximum atomic E-state index is 11.9. The molecule has 1 saturated heterocycles. The highest BCUT2D eigenvalue weighted by molar-refractivity contribution is 7.09. The zero-order valence-electron chi connectivity index (χ0n) is 10.4. The summed E-state index contributed by atoms with van der Waals surface area (Å²) in [6.45, 7) is 3.68. The van der Waals surface area contributed by atoms with Gasteiger partial charge >= 0.3 is 5.97 Å². The number of aromatic nitrogens is 1. The minimum Gasteiger partial charge on any atom is -0.465 e. The summed E-state index contributed by atoms with van der Waals surface area (Å²) in [4.78, 5) is 16.8. The monoisotopic (exact) mass is 270 g/mol. The first-order valence-corrected chi connectivity index (χ1v) is 7.09. The molecule has 0 bridgehead atoms. The van der Waals surface area contributed by atoms with Crippen LogP contribution in [0.5, 0.6) is 0 Å². The Morgan fingerprint density at radius 3 is 3.28 bits per heavy atom. The largest absolute Gasteiger partial charge is 0.465 e. The Kier molecular flexibility index (Phi) is 5.10. The average molecular weight is 270 g/mol. The standard InChI is InChI=1S/C12H18N2O3S/c1-2-16-12(15)11(10-7-13-8-18-10)14-6-9-4-3-5-17-9/h7-9,11,14H,2-6H2,1H3. The highest BCUT2D eigenvalue weighted by atomic mass is 32.1. The molecule has 1 fully saturated rings. The molecule has 0 amide bonds. The quantitative estimate of drug-likeness (QED) is 0.794. The SMILES string of the molecule is CCOC(=O)C(NCC1CCCO1)c1cncs1. The van der Waals surface area contributed by atoms with Gasteiger partial charge in [0, 0.05) is 19.3 Å². The second-order valence-corrected chi connectivity index (χ2v) is 5.05. The van der Waals surface area contributed by atoms with Crippen molar-refractivity contribution < 1.29 is 14.3 Å². The number of thiazole rings is 1. The van der Waals surface area contributed by atoms with Crippen molar-refractivity contribution in [3.8, 4) is 0 Å². The number of carbonyl (C=O) groups is 1. The molecule has 1 aromatic rings. The van der Waals surface area contributed by atoms with Gasteiger partial charge in [0.1, 0.15) is 6.04 Å². The molecule has 5 nitrogen and oxygen atoms in total. The Morgan fingerprint density at radius 1 is 1.78 bits per heavy atom. The van der Waals surface area contributed by atoms with Crippen molar-refractivity contribution in [2.45, 2.75) is 31.9 Å². The molecule has 2 unspecified atom stereocenters. The van der Waals surface area contributed by atoms with E-state index in [2.05, 4.69) is 10.3 Å². The van der Waals surface area contributed by atoms with Crippen LogP contribution in [0.15, 0.2) is 11.7 Å². The van der Waals surface area contributed by atoms with Gasteiger partial charge in [-0.1, -0.05) is 0 Å². The topological polar surface area (TPSA) is 60.5 Å². The molecule has 0 aliphatic carbocycles. The molecule has 2 heterocycles. The summed E-state index contributed by atoms with van der Waals surface area (Å²) in [5, 5.41) is 3.22. The van der Waals surface area contributed by atoms with Crippen LogP contribution >= 0.6 is 11.3 Å². The fourth-order valence-electron chi connectivity index (χ4n) is 1.95. The number of nitrogens with one attached hydrogen (secondary N) is 1. The van der Waals surface area contributed by atoms with E-state index in [1.54, 1.807) is 11.7 Å². The van der Waals surface area contributed by atoms with Crippen molar-refractivity contribution >= 4 is 17.3 Å². The second-order valence-electron chi connectivity index (χ2n) is 4.13. The molecular formula is C12H18N2O3S. The molecule has 2 atom stereocenters. The van der Waals surface area contributed by atoms with E-state index in [0.717, 1.165) is 24.3 Å². The number of carbonyl (C=O) groups excluding carboxylic acids is 1. The summed E-state index contributed by atoms with van der Waals surface area (Å²) in [7, 11) is 0. The lowest BCUT2D eigenvalue weighted by Crippen LogP contribution is -2.35. The highest BCUT2D eigenvalue weighted by Crippen LogP contribution is 2.20. The summed E-state index contributed by atoms with van der Waals surface area (Å²) in [6.07, 6.45) is 4.05. The van der Waals surface area contributed by atoms with Crippen LogP contribution in [-0.2, 0) is 14.3 Å². The van der Waals surface area contributed by atoms with Crippen molar-refractivity contribution in [3.05, 3.63) is 16.6 Å². The lowest BCUT2D eigenvalue weighted by Gasteiger charge is -2.18. The first kappa shape index (κ1) is 13.5. The van der Waals surface area contributed by atoms with Crippen LogP contribution in [0.25, 0.3) is 0 Å². The fraction of sp³-hybridized carbons (Fsp3) is 0.667. The number of hydrogen-bond donors (Lipinski definition) is 1. The van der Waals surface area contributed by atoms with Crippen LogP contribution in [-0.4, -0.2) is 36.8 Å². The summed E-state index contributed by atoms with van der Waals surface area (Å²) in [5.41, 5.74) is 1.72. The number of hydrogen-bond acceptors (Lipinski definition) is 6. The van der Waals surface area contributed by atoms with Crippen LogP contribution in [0.3, 0.4) is 0 Å². The summed E-state index contributed by atoms with van der Waals surface area (Å²) < 4.78 is 10.6. The lowest BCUT2D eigenvalue weighted by molar-refractivity contribution is -0.145. The lowest BCUT2D eigenvalue weighted by atomic mass is 10.2. The van der Waals surface area contributed by atoms with Gasteiger partial charge in [0.2, 0.25) is 0 Å². The van der Waals surface area contributed by atoms with E-state index in [1.165, 1.54) is 11.3 Å². The van der Waals surface area contributed by atoms with E-state index in [4.69, 9.17) is 9.47 Å². The summed E-state index contributed by atoms with van der Waals surface area (Å²) in [5.74, 6) is -0.250. The molecule has 0 saturated carbocycles. The van der Waals surface area contributed by atoms with Gasteiger partial charge in [-0.2, -0.15) is 0 Å². The van der Waals surface area contributed by atoms with Crippen LogP contribution in [0.4, 0.5) is 0 Å². The van der Waals surface area contributed by atoms with Gasteiger partial charge < -0.3 is 9.47 Å². The van der Waals surface area contributed by atoms with Crippen LogP contribution in [0.2, 0.25) is 0 Å². The Balaban J connectivity index is 1.93. The molecule has 1 aliphatic heterocycles. The zero-order valence-corrected chi connectivity index (χ0v) is 11.2. The van der Waals surface area contributed by atoms with Gasteiger partial charge in [0.15, 0.2) is 0 Å². The first-order chi connectivity index (χ1) is 8.81. The third kappa shape index (κ3) is 3.51. The van der Waals surface area contributed by atoms with Crippen molar-refractivity contribution in [2.75, 3.05) is 19.8 Å². The van der Waals surface area contributed by atoms with E-state index in [9.17, 15) is 4.79 Å². The van der Waals surface area contributed by atoms with Gasteiger partial charge in [-0.05, 0) is 19.8 Å². The number of nitrogens with zero attached hydrogens (tertiary/aromatic N) is 1. The predicted molar refractivity (Wildman–Crippen MR) is 68.5 cm³/mol. The predicted octanol–water partition coefficient (Wildman–Crippen LogP) is 1.52. The van der Waals surface area contributed by atoms with Gasteiger partial charge in [-0.15, -0.1) is 11.3 Å². The molecule has 1 N–H and O–H groups in total. The van der Waals surface area contributed by atoms with Gasteiger partial charge in [0.25, 0.3) is 0 Å².